The summed E-state index contributed by atoms with van der Waals surface area (Å²) in [5, 5.41) is 20.4. The Labute approximate surface area is 199 Å². The molecule has 1 aromatic carbocycles. The summed E-state index contributed by atoms with van der Waals surface area (Å²) in [6.45, 7) is 4.89. The van der Waals surface area contributed by atoms with Crippen molar-refractivity contribution in [1.82, 2.24) is 25.0 Å². The molecule has 4 rings (SSSR count). The van der Waals surface area contributed by atoms with E-state index < -0.39 is 6.10 Å². The molecule has 1 aliphatic heterocycles. The number of β-amino-alcohol motifs (C(OH)–C–C–N with tert-alkyl or cyclic N) is 1. The summed E-state index contributed by atoms with van der Waals surface area (Å²) in [5.74, 6) is 1.30. The summed E-state index contributed by atoms with van der Waals surface area (Å²) in [6.07, 6.45) is 3.59. The minimum atomic E-state index is -0.654. The Morgan fingerprint density at radius 3 is 2.88 bits per heavy atom. The van der Waals surface area contributed by atoms with Crippen molar-refractivity contribution in [3.63, 3.8) is 0 Å². The van der Waals surface area contributed by atoms with Crippen molar-refractivity contribution in [2.24, 2.45) is 7.05 Å². The van der Waals surface area contributed by atoms with Crippen LogP contribution in [-0.4, -0.2) is 63.5 Å². The van der Waals surface area contributed by atoms with Gasteiger partial charge in [-0.05, 0) is 54.3 Å². The molecule has 2 aromatic heterocycles. The second-order valence-corrected chi connectivity index (χ2v) is 8.59. The van der Waals surface area contributed by atoms with Crippen LogP contribution in [0.3, 0.4) is 0 Å². The molecule has 34 heavy (non-hydrogen) atoms. The fourth-order valence-corrected chi connectivity index (χ4v) is 4.27. The summed E-state index contributed by atoms with van der Waals surface area (Å²) in [4.78, 5) is 18.7. The number of nitrogens with one attached hydrogen (secondary N) is 2. The maximum Gasteiger partial charge on any atom is 0.251 e. The van der Waals surface area contributed by atoms with Crippen LogP contribution in [0.4, 0.5) is 5.82 Å². The molecule has 0 bridgehead atoms. The summed E-state index contributed by atoms with van der Waals surface area (Å²) < 4.78 is 7.88. The van der Waals surface area contributed by atoms with Crippen molar-refractivity contribution in [1.29, 1.82) is 0 Å². The molecule has 1 amide bonds. The number of nitrogens with zero attached hydrogens (tertiary/aromatic N) is 4. The number of aryl methyl sites for hydroxylation is 1. The van der Waals surface area contributed by atoms with Gasteiger partial charge in [-0.1, -0.05) is 6.07 Å². The highest BCUT2D eigenvalue weighted by Gasteiger charge is 2.22. The van der Waals surface area contributed by atoms with E-state index in [1.165, 1.54) is 16.7 Å². The van der Waals surface area contributed by atoms with Crippen LogP contribution >= 0.6 is 0 Å². The fourth-order valence-electron chi connectivity index (χ4n) is 4.27. The monoisotopic (exact) mass is 464 g/mol. The Morgan fingerprint density at radius 1 is 1.26 bits per heavy atom. The molecule has 0 saturated heterocycles. The van der Waals surface area contributed by atoms with E-state index in [1.54, 1.807) is 31.6 Å². The summed E-state index contributed by atoms with van der Waals surface area (Å²) in [5.41, 5.74) is 5.28. The number of carbonyl (C=O) groups is 1. The molecule has 3 aromatic rings. The summed E-state index contributed by atoms with van der Waals surface area (Å²) in [6, 6.07) is 9.43. The molecule has 0 aliphatic carbocycles. The molecule has 0 radical (unpaired) electrons. The molecular weight excluding hydrogens is 432 g/mol. The number of aliphatic hydroxyl groups is 1. The SMILES string of the molecule is CNc1cc(C(=O)NC[C@H](O)CN2CCc3c(ccc(OCc4ccnn4C)c3C)C2)ccn1. The van der Waals surface area contributed by atoms with Crippen molar-refractivity contribution in [2.75, 3.05) is 32.0 Å². The van der Waals surface area contributed by atoms with Crippen LogP contribution in [0.5, 0.6) is 5.75 Å². The first-order valence-corrected chi connectivity index (χ1v) is 11.5. The van der Waals surface area contributed by atoms with Crippen LogP contribution in [0.1, 0.15) is 32.7 Å². The highest BCUT2D eigenvalue weighted by atomic mass is 16.5. The van der Waals surface area contributed by atoms with Crippen molar-refractivity contribution in [3.8, 4) is 5.75 Å². The van der Waals surface area contributed by atoms with Gasteiger partial charge in [0.25, 0.3) is 5.91 Å². The van der Waals surface area contributed by atoms with Crippen molar-refractivity contribution >= 4 is 11.7 Å². The predicted octanol–water partition coefficient (Wildman–Crippen LogP) is 1.89. The van der Waals surface area contributed by atoms with Gasteiger partial charge in [0.2, 0.25) is 0 Å². The lowest BCUT2D eigenvalue weighted by molar-refractivity contribution is 0.0841. The average molecular weight is 465 g/mol. The van der Waals surface area contributed by atoms with Gasteiger partial charge in [-0.25, -0.2) is 4.98 Å². The maximum absolute atomic E-state index is 12.4. The zero-order valence-corrected chi connectivity index (χ0v) is 19.9. The fraction of sp³-hybridized carbons (Fsp3) is 0.400. The number of benzene rings is 1. The normalized spacial score (nSPS) is 14.4. The third kappa shape index (κ3) is 5.55. The molecule has 3 heterocycles. The van der Waals surface area contributed by atoms with Crippen LogP contribution in [-0.2, 0) is 26.6 Å². The Hall–Kier alpha value is -3.43. The van der Waals surface area contributed by atoms with Gasteiger partial charge >= 0.3 is 0 Å². The molecule has 1 atom stereocenters. The van der Waals surface area contributed by atoms with Crippen LogP contribution in [0.15, 0.2) is 42.7 Å². The molecule has 9 nitrogen and oxygen atoms in total. The Balaban J connectivity index is 1.29. The molecule has 3 N–H and O–H groups in total. The molecule has 9 heteroatoms. The van der Waals surface area contributed by atoms with E-state index in [0.717, 1.165) is 31.0 Å². The molecular formula is C25H32N6O3. The smallest absolute Gasteiger partial charge is 0.251 e. The van der Waals surface area contributed by atoms with Gasteiger partial charge in [0.15, 0.2) is 0 Å². The topological polar surface area (TPSA) is 105 Å². The molecule has 0 spiro atoms. The number of hydrogen-bond acceptors (Lipinski definition) is 7. The zero-order chi connectivity index (χ0) is 24.1. The quantitative estimate of drug-likeness (QED) is 0.444. The highest BCUT2D eigenvalue weighted by Crippen LogP contribution is 2.29. The number of pyridine rings is 1. The van der Waals surface area contributed by atoms with E-state index in [-0.39, 0.29) is 12.5 Å². The maximum atomic E-state index is 12.4. The number of carbonyl (C=O) groups excluding carboxylic acids is 1. The van der Waals surface area contributed by atoms with Gasteiger partial charge in [-0.2, -0.15) is 5.10 Å². The third-order valence-corrected chi connectivity index (χ3v) is 6.26. The van der Waals surface area contributed by atoms with E-state index in [4.69, 9.17) is 4.74 Å². The zero-order valence-electron chi connectivity index (χ0n) is 19.9. The minimum absolute atomic E-state index is 0.194. The number of ether oxygens (including phenoxy) is 1. The number of fused-ring (bicyclic) bond motifs is 1. The first-order chi connectivity index (χ1) is 16.4. The Bertz CT molecular complexity index is 1150. The number of hydrogen-bond donors (Lipinski definition) is 3. The van der Waals surface area contributed by atoms with E-state index in [1.807, 2.05) is 23.9 Å². The van der Waals surface area contributed by atoms with E-state index in [0.29, 0.717) is 24.5 Å². The first kappa shape index (κ1) is 23.7. The molecule has 0 saturated carbocycles. The van der Waals surface area contributed by atoms with Crippen molar-refractivity contribution in [3.05, 3.63) is 70.7 Å². The number of aliphatic hydroxyl groups excluding tert-OH is 1. The summed E-state index contributed by atoms with van der Waals surface area (Å²) in [7, 11) is 3.66. The third-order valence-electron chi connectivity index (χ3n) is 6.26. The van der Waals surface area contributed by atoms with Gasteiger partial charge in [0.1, 0.15) is 18.2 Å². The molecule has 1 aliphatic rings. The number of aromatic nitrogens is 3. The lowest BCUT2D eigenvalue weighted by Gasteiger charge is -2.31. The Kier molecular flexibility index (Phi) is 7.44. The average Bonchev–Trinajstić information content (AvgIpc) is 3.26. The van der Waals surface area contributed by atoms with Gasteiger partial charge in [-0.15, -0.1) is 0 Å². The predicted molar refractivity (Wildman–Crippen MR) is 130 cm³/mol. The van der Waals surface area contributed by atoms with E-state index in [2.05, 4.69) is 38.6 Å². The van der Waals surface area contributed by atoms with Gasteiger partial charge < -0.3 is 20.5 Å². The standard InChI is InChI=1S/C25H32N6O3/c1-17-22-8-11-31(14-19(22)4-5-23(17)34-16-20-7-10-29-30(20)3)15-21(32)13-28-25(33)18-6-9-27-24(12-18)26-2/h4-7,9-10,12,21,32H,8,11,13-16H2,1-3H3,(H,26,27)(H,28,33)/t21-/m0/s1. The van der Waals surface area contributed by atoms with Gasteiger partial charge in [0, 0.05) is 58.2 Å². The lowest BCUT2D eigenvalue weighted by atomic mass is 9.94. The van der Waals surface area contributed by atoms with Gasteiger partial charge in [-0.3, -0.25) is 14.4 Å². The molecule has 0 unspecified atom stereocenters. The van der Waals surface area contributed by atoms with Crippen LogP contribution in [0, 0.1) is 6.92 Å². The van der Waals surface area contributed by atoms with Crippen molar-refractivity contribution < 1.29 is 14.6 Å². The lowest BCUT2D eigenvalue weighted by Crippen LogP contribution is -2.42. The second-order valence-electron chi connectivity index (χ2n) is 8.59. The van der Waals surface area contributed by atoms with Crippen LogP contribution in [0.25, 0.3) is 0 Å². The van der Waals surface area contributed by atoms with Crippen molar-refractivity contribution in [2.45, 2.75) is 32.6 Å². The molecule has 180 valence electrons. The van der Waals surface area contributed by atoms with Crippen LogP contribution < -0.4 is 15.4 Å². The van der Waals surface area contributed by atoms with E-state index in [9.17, 15) is 9.90 Å². The largest absolute Gasteiger partial charge is 0.487 e. The van der Waals surface area contributed by atoms with E-state index >= 15 is 0 Å². The summed E-state index contributed by atoms with van der Waals surface area (Å²) >= 11 is 0. The first-order valence-electron chi connectivity index (χ1n) is 11.5. The second kappa shape index (κ2) is 10.7. The molecule has 0 fully saturated rings. The Morgan fingerprint density at radius 2 is 2.12 bits per heavy atom. The number of amides is 1. The number of rotatable bonds is 9. The number of anilines is 1. The van der Waals surface area contributed by atoms with Gasteiger partial charge in [0.05, 0.1) is 11.8 Å². The highest BCUT2D eigenvalue weighted by molar-refractivity contribution is 5.94. The minimum Gasteiger partial charge on any atom is -0.487 e. The van der Waals surface area contributed by atoms with Crippen LogP contribution in [0.2, 0.25) is 0 Å².